The van der Waals surface area contributed by atoms with Crippen molar-refractivity contribution in [2.75, 3.05) is 19.1 Å². The van der Waals surface area contributed by atoms with Crippen molar-refractivity contribution in [1.82, 2.24) is 0 Å². The van der Waals surface area contributed by atoms with Crippen molar-refractivity contribution in [3.63, 3.8) is 0 Å². The van der Waals surface area contributed by atoms with E-state index in [-0.39, 0.29) is 5.92 Å². The summed E-state index contributed by atoms with van der Waals surface area (Å²) in [4.78, 5) is 1.85. The third kappa shape index (κ3) is 2.49. The van der Waals surface area contributed by atoms with E-state index in [1.54, 1.807) is 7.11 Å². The van der Waals surface area contributed by atoms with Gasteiger partial charge in [0.15, 0.2) is 0 Å². The van der Waals surface area contributed by atoms with Crippen molar-refractivity contribution in [3.05, 3.63) is 24.3 Å². The number of para-hydroxylation sites is 2. The Balaban J connectivity index is 3.00. The second-order valence-electron chi connectivity index (χ2n) is 3.77. The molecule has 0 amide bonds. The highest BCUT2D eigenvalue weighted by molar-refractivity contribution is 5.97. The Morgan fingerprint density at radius 2 is 1.93 bits per heavy atom. The number of rotatable bonds is 3. The first-order valence-electron chi connectivity index (χ1n) is 5.03. The highest BCUT2D eigenvalue weighted by Gasteiger charge is 2.13. The monoisotopic (exact) mass is 206 g/mol. The Hall–Kier alpha value is -1.51. The number of hydrogen-bond donors (Lipinski definition) is 1. The van der Waals surface area contributed by atoms with Gasteiger partial charge < -0.3 is 9.64 Å². The largest absolute Gasteiger partial charge is 0.495 e. The summed E-state index contributed by atoms with van der Waals surface area (Å²) in [6.07, 6.45) is 0. The van der Waals surface area contributed by atoms with Crippen LogP contribution >= 0.6 is 0 Å². The van der Waals surface area contributed by atoms with Gasteiger partial charge in [0, 0.05) is 13.0 Å². The van der Waals surface area contributed by atoms with Crippen molar-refractivity contribution in [3.8, 4) is 5.75 Å². The fraction of sp³-hybridized carbons (Fsp3) is 0.417. The lowest BCUT2D eigenvalue weighted by Crippen LogP contribution is -2.29. The molecule has 0 saturated heterocycles. The van der Waals surface area contributed by atoms with Crippen LogP contribution in [0.15, 0.2) is 24.3 Å². The number of benzene rings is 1. The molecule has 82 valence electrons. The first kappa shape index (κ1) is 11.6. The van der Waals surface area contributed by atoms with Crippen molar-refractivity contribution in [2.24, 2.45) is 5.92 Å². The van der Waals surface area contributed by atoms with E-state index in [1.807, 2.05) is 50.1 Å². The average Bonchev–Trinajstić information content (AvgIpc) is 2.26. The zero-order chi connectivity index (χ0) is 11.4. The van der Waals surface area contributed by atoms with E-state index in [4.69, 9.17) is 10.1 Å². The lowest BCUT2D eigenvalue weighted by atomic mass is 10.1. The number of anilines is 1. The molecule has 0 spiro atoms. The quantitative estimate of drug-likeness (QED) is 0.609. The summed E-state index contributed by atoms with van der Waals surface area (Å²) in [5.41, 5.74) is 0.929. The van der Waals surface area contributed by atoms with Crippen LogP contribution in [0, 0.1) is 11.3 Å². The first-order valence-corrected chi connectivity index (χ1v) is 5.03. The van der Waals surface area contributed by atoms with Gasteiger partial charge in [-0.2, -0.15) is 0 Å². The van der Waals surface area contributed by atoms with Crippen LogP contribution in [0.4, 0.5) is 5.69 Å². The lowest BCUT2D eigenvalue weighted by molar-refractivity contribution is 0.415. The van der Waals surface area contributed by atoms with E-state index in [9.17, 15) is 0 Å². The van der Waals surface area contributed by atoms with Crippen LogP contribution in [0.2, 0.25) is 0 Å². The average molecular weight is 206 g/mol. The molecule has 0 heterocycles. The number of nitrogens with one attached hydrogen (secondary N) is 1. The Labute approximate surface area is 91.2 Å². The number of hydrogen-bond acceptors (Lipinski definition) is 2. The molecule has 0 aliphatic rings. The Bertz CT molecular complexity index is 347. The fourth-order valence-corrected chi connectivity index (χ4v) is 1.42. The Kier molecular flexibility index (Phi) is 3.72. The van der Waals surface area contributed by atoms with Crippen molar-refractivity contribution in [2.45, 2.75) is 13.8 Å². The van der Waals surface area contributed by atoms with Gasteiger partial charge in [0.25, 0.3) is 0 Å². The molecule has 0 radical (unpaired) electrons. The van der Waals surface area contributed by atoms with Crippen molar-refractivity contribution in [1.29, 1.82) is 5.41 Å². The summed E-state index contributed by atoms with van der Waals surface area (Å²) in [5, 5.41) is 7.93. The maximum atomic E-state index is 7.93. The van der Waals surface area contributed by atoms with Gasteiger partial charge in [-0.05, 0) is 12.1 Å². The fourth-order valence-electron chi connectivity index (χ4n) is 1.42. The molecule has 0 unspecified atom stereocenters. The topological polar surface area (TPSA) is 36.3 Å². The van der Waals surface area contributed by atoms with Gasteiger partial charge >= 0.3 is 0 Å². The molecule has 1 N–H and O–H groups in total. The third-order valence-electron chi connectivity index (χ3n) is 2.35. The standard InChI is InChI=1S/C12H18N2O/c1-9(2)12(13)14(3)10-7-5-6-8-11(10)15-4/h5-9,13H,1-4H3. The summed E-state index contributed by atoms with van der Waals surface area (Å²) in [5.74, 6) is 1.59. The zero-order valence-corrected chi connectivity index (χ0v) is 9.74. The van der Waals surface area contributed by atoms with Gasteiger partial charge in [-0.3, -0.25) is 5.41 Å². The molecule has 1 aromatic rings. The van der Waals surface area contributed by atoms with Gasteiger partial charge in [0.05, 0.1) is 12.8 Å². The molecule has 0 aliphatic heterocycles. The maximum absolute atomic E-state index is 7.93. The molecule has 0 aliphatic carbocycles. The van der Waals surface area contributed by atoms with Gasteiger partial charge in [-0.25, -0.2) is 0 Å². The lowest BCUT2D eigenvalue weighted by Gasteiger charge is -2.24. The molecular weight excluding hydrogens is 188 g/mol. The molecule has 3 heteroatoms. The van der Waals surface area contributed by atoms with Crippen LogP contribution in [0.3, 0.4) is 0 Å². The Morgan fingerprint density at radius 3 is 2.47 bits per heavy atom. The van der Waals surface area contributed by atoms with Crippen molar-refractivity contribution < 1.29 is 4.74 Å². The van der Waals surface area contributed by atoms with Gasteiger partial charge in [-0.1, -0.05) is 26.0 Å². The molecule has 15 heavy (non-hydrogen) atoms. The van der Waals surface area contributed by atoms with Crippen LogP contribution in [0.25, 0.3) is 0 Å². The normalized spacial score (nSPS) is 10.2. The molecule has 0 aromatic heterocycles. The van der Waals surface area contributed by atoms with E-state index in [0.29, 0.717) is 5.84 Å². The molecule has 0 bridgehead atoms. The van der Waals surface area contributed by atoms with Gasteiger partial charge in [0.1, 0.15) is 11.6 Å². The van der Waals surface area contributed by atoms with E-state index in [0.717, 1.165) is 11.4 Å². The van der Waals surface area contributed by atoms with Crippen LogP contribution in [0.1, 0.15) is 13.8 Å². The highest BCUT2D eigenvalue weighted by atomic mass is 16.5. The van der Waals surface area contributed by atoms with E-state index < -0.39 is 0 Å². The van der Waals surface area contributed by atoms with Crippen LogP contribution in [0.5, 0.6) is 5.75 Å². The van der Waals surface area contributed by atoms with E-state index >= 15 is 0 Å². The number of methoxy groups -OCH3 is 1. The van der Waals surface area contributed by atoms with Crippen LogP contribution in [-0.4, -0.2) is 20.0 Å². The summed E-state index contributed by atoms with van der Waals surface area (Å²) in [6, 6.07) is 7.73. The highest BCUT2D eigenvalue weighted by Crippen LogP contribution is 2.27. The molecule has 0 saturated carbocycles. The molecular formula is C12H18N2O. The number of nitrogens with zero attached hydrogens (tertiary/aromatic N) is 1. The van der Waals surface area contributed by atoms with Gasteiger partial charge in [0.2, 0.25) is 0 Å². The van der Waals surface area contributed by atoms with Gasteiger partial charge in [-0.15, -0.1) is 0 Å². The van der Waals surface area contributed by atoms with Crippen LogP contribution < -0.4 is 9.64 Å². The smallest absolute Gasteiger partial charge is 0.142 e. The minimum Gasteiger partial charge on any atom is -0.495 e. The first-order chi connectivity index (χ1) is 7.07. The van der Waals surface area contributed by atoms with E-state index in [2.05, 4.69) is 0 Å². The second-order valence-corrected chi connectivity index (χ2v) is 3.77. The second kappa shape index (κ2) is 4.82. The summed E-state index contributed by atoms with van der Waals surface area (Å²) in [6.45, 7) is 4.02. The molecule has 1 rings (SSSR count). The molecule has 0 fully saturated rings. The maximum Gasteiger partial charge on any atom is 0.142 e. The molecule has 0 atom stereocenters. The van der Waals surface area contributed by atoms with Crippen molar-refractivity contribution >= 4 is 11.5 Å². The molecule has 3 nitrogen and oxygen atoms in total. The number of ether oxygens (including phenoxy) is 1. The van der Waals surface area contributed by atoms with E-state index in [1.165, 1.54) is 0 Å². The summed E-state index contributed by atoms with van der Waals surface area (Å²) >= 11 is 0. The minimum absolute atomic E-state index is 0.208. The Morgan fingerprint density at radius 1 is 1.33 bits per heavy atom. The predicted molar refractivity (Wildman–Crippen MR) is 64.0 cm³/mol. The minimum atomic E-state index is 0.208. The molecule has 1 aromatic carbocycles. The third-order valence-corrected chi connectivity index (χ3v) is 2.35. The predicted octanol–water partition coefficient (Wildman–Crippen LogP) is 2.76. The summed E-state index contributed by atoms with van der Waals surface area (Å²) in [7, 11) is 3.53. The summed E-state index contributed by atoms with van der Waals surface area (Å²) < 4.78 is 5.26. The van der Waals surface area contributed by atoms with Crippen LogP contribution in [-0.2, 0) is 0 Å². The zero-order valence-electron chi connectivity index (χ0n) is 9.74. The number of amidine groups is 1. The SMILES string of the molecule is COc1ccccc1N(C)C(=N)C(C)C.